The molecule has 1 aromatic carbocycles. The summed E-state index contributed by atoms with van der Waals surface area (Å²) in [7, 11) is 0. The van der Waals surface area contributed by atoms with Gasteiger partial charge in [0.2, 0.25) is 5.91 Å². The Morgan fingerprint density at radius 3 is 2.44 bits per heavy atom. The number of thiophene rings is 1. The molecule has 0 radical (unpaired) electrons. The van der Waals surface area contributed by atoms with Gasteiger partial charge in [0.1, 0.15) is 5.00 Å². The number of carbonyl (C=O) groups is 3. The summed E-state index contributed by atoms with van der Waals surface area (Å²) in [5, 5.41) is 5.00. The minimum Gasteiger partial charge on any atom is -0.366 e. The van der Waals surface area contributed by atoms with Crippen LogP contribution in [0.1, 0.15) is 40.5 Å². The number of nitrogens with one attached hydrogen (secondary N) is 1. The molecule has 2 heterocycles. The van der Waals surface area contributed by atoms with E-state index in [9.17, 15) is 14.4 Å². The fourth-order valence-electron chi connectivity index (χ4n) is 3.37. The van der Waals surface area contributed by atoms with Gasteiger partial charge in [0, 0.05) is 11.5 Å². The number of anilines is 1. The van der Waals surface area contributed by atoms with E-state index in [2.05, 4.69) is 10.2 Å². The largest absolute Gasteiger partial charge is 0.366 e. The summed E-state index contributed by atoms with van der Waals surface area (Å²) in [5.74, 6) is -0.554. The van der Waals surface area contributed by atoms with Crippen LogP contribution in [0.3, 0.4) is 0 Å². The number of hydrogen-bond donors (Lipinski definition) is 2. The number of likely N-dealkylation sites (tertiary alicyclic amines) is 1. The number of hydrogen-bond acceptors (Lipinski definition) is 5. The third-order valence-corrected chi connectivity index (χ3v) is 5.88. The van der Waals surface area contributed by atoms with Gasteiger partial charge in [-0.3, -0.25) is 19.3 Å². The molecule has 2 amide bonds. The highest BCUT2D eigenvalue weighted by Crippen LogP contribution is 2.25. The van der Waals surface area contributed by atoms with E-state index in [0.717, 1.165) is 18.4 Å². The van der Waals surface area contributed by atoms with Crippen molar-refractivity contribution in [3.8, 4) is 0 Å². The van der Waals surface area contributed by atoms with Gasteiger partial charge in [0.05, 0.1) is 11.6 Å². The van der Waals surface area contributed by atoms with Crippen LogP contribution in [-0.4, -0.2) is 41.6 Å². The predicted octanol–water partition coefficient (Wildman–Crippen LogP) is 2.77. The molecule has 1 unspecified atom stereocenters. The lowest BCUT2D eigenvalue weighted by atomic mass is 9.88. The van der Waals surface area contributed by atoms with Crippen LogP contribution in [0.15, 0.2) is 41.8 Å². The van der Waals surface area contributed by atoms with Gasteiger partial charge < -0.3 is 11.1 Å². The van der Waals surface area contributed by atoms with E-state index in [1.54, 1.807) is 11.4 Å². The summed E-state index contributed by atoms with van der Waals surface area (Å²) >= 11 is 1.28. The molecule has 1 fully saturated rings. The number of primary amides is 1. The predicted molar refractivity (Wildman–Crippen MR) is 106 cm³/mol. The first-order valence-electron chi connectivity index (χ1n) is 8.99. The second kappa shape index (κ2) is 8.45. The molecular formula is C20H23N3O3S. The van der Waals surface area contributed by atoms with E-state index >= 15 is 0 Å². The fraction of sp³-hybridized carbons (Fsp3) is 0.350. The number of rotatable bonds is 6. The Hall–Kier alpha value is -2.51. The van der Waals surface area contributed by atoms with Gasteiger partial charge >= 0.3 is 0 Å². The molecule has 0 saturated carbocycles. The molecule has 1 saturated heterocycles. The summed E-state index contributed by atoms with van der Waals surface area (Å²) in [4.78, 5) is 38.6. The Morgan fingerprint density at radius 1 is 1.15 bits per heavy atom. The number of benzene rings is 1. The summed E-state index contributed by atoms with van der Waals surface area (Å²) in [6, 6.07) is 10.6. The zero-order valence-electron chi connectivity index (χ0n) is 15.2. The lowest BCUT2D eigenvalue weighted by molar-refractivity contribution is -0.121. The average molecular weight is 385 g/mol. The van der Waals surface area contributed by atoms with Crippen molar-refractivity contribution in [2.45, 2.75) is 25.8 Å². The van der Waals surface area contributed by atoms with Crippen LogP contribution in [0.4, 0.5) is 5.00 Å². The van der Waals surface area contributed by atoms with Gasteiger partial charge in [-0.15, -0.1) is 11.3 Å². The van der Waals surface area contributed by atoms with Crippen molar-refractivity contribution in [3.63, 3.8) is 0 Å². The lowest BCUT2D eigenvalue weighted by Gasteiger charge is -2.34. The van der Waals surface area contributed by atoms with E-state index in [0.29, 0.717) is 23.7 Å². The highest BCUT2D eigenvalue weighted by Gasteiger charge is 2.30. The molecule has 0 aliphatic carbocycles. The lowest BCUT2D eigenvalue weighted by Crippen LogP contribution is -2.47. The highest BCUT2D eigenvalue weighted by molar-refractivity contribution is 7.14. The molecule has 0 spiro atoms. The molecule has 6 nitrogen and oxygen atoms in total. The monoisotopic (exact) mass is 385 g/mol. The Labute approximate surface area is 162 Å². The van der Waals surface area contributed by atoms with Crippen molar-refractivity contribution in [2.75, 3.05) is 18.4 Å². The number of Topliss-reactive ketones (excluding diaryl/α,β-unsaturated/α-hetero) is 1. The fourth-order valence-corrected chi connectivity index (χ4v) is 4.16. The van der Waals surface area contributed by atoms with E-state index < -0.39 is 5.91 Å². The van der Waals surface area contributed by atoms with Gasteiger partial charge in [0.25, 0.3) is 5.91 Å². The van der Waals surface area contributed by atoms with Crippen LogP contribution in [-0.2, 0) is 4.79 Å². The molecule has 0 bridgehead atoms. The van der Waals surface area contributed by atoms with Gasteiger partial charge in [0.15, 0.2) is 5.78 Å². The van der Waals surface area contributed by atoms with Gasteiger partial charge in [-0.1, -0.05) is 30.3 Å². The van der Waals surface area contributed by atoms with E-state index in [1.165, 1.54) is 11.3 Å². The second-order valence-electron chi connectivity index (χ2n) is 6.73. The molecule has 3 N–H and O–H groups in total. The topological polar surface area (TPSA) is 92.5 Å². The Kier molecular flexibility index (Phi) is 6.03. The molecule has 7 heteroatoms. The summed E-state index contributed by atoms with van der Waals surface area (Å²) in [5.41, 5.74) is 6.39. The van der Waals surface area contributed by atoms with Crippen molar-refractivity contribution in [1.29, 1.82) is 0 Å². The molecular weight excluding hydrogens is 362 g/mol. The van der Waals surface area contributed by atoms with Gasteiger partial charge in [-0.2, -0.15) is 0 Å². The van der Waals surface area contributed by atoms with Crippen LogP contribution in [0.2, 0.25) is 0 Å². The molecule has 142 valence electrons. The molecule has 1 aromatic heterocycles. The van der Waals surface area contributed by atoms with Crippen molar-refractivity contribution < 1.29 is 14.4 Å². The number of ketones is 1. The molecule has 1 aliphatic rings. The Morgan fingerprint density at radius 2 is 1.81 bits per heavy atom. The normalized spacial score (nSPS) is 16.6. The molecule has 27 heavy (non-hydrogen) atoms. The molecule has 1 atom stereocenters. The Balaban J connectivity index is 1.55. The van der Waals surface area contributed by atoms with Crippen molar-refractivity contribution in [2.24, 2.45) is 11.7 Å². The van der Waals surface area contributed by atoms with Crippen molar-refractivity contribution in [3.05, 3.63) is 52.9 Å². The zero-order chi connectivity index (χ0) is 19.4. The maximum Gasteiger partial charge on any atom is 0.251 e. The summed E-state index contributed by atoms with van der Waals surface area (Å²) in [6.45, 7) is 3.21. The van der Waals surface area contributed by atoms with Crippen LogP contribution in [0.5, 0.6) is 0 Å². The summed E-state index contributed by atoms with van der Waals surface area (Å²) < 4.78 is 0. The highest BCUT2D eigenvalue weighted by atomic mass is 32.1. The van der Waals surface area contributed by atoms with Crippen LogP contribution in [0, 0.1) is 5.92 Å². The maximum absolute atomic E-state index is 12.6. The first-order chi connectivity index (χ1) is 13.0. The van der Waals surface area contributed by atoms with Crippen molar-refractivity contribution >= 4 is 33.9 Å². The smallest absolute Gasteiger partial charge is 0.251 e. The standard InChI is InChI=1S/C20H23N3O3S/c1-13(19(26)22-20-16(18(21)25)9-12-27-20)23-10-7-15(8-11-23)17(24)14-5-3-2-4-6-14/h2-6,9,12-13,15H,7-8,10-11H2,1H3,(H2,21,25)(H,22,26). The summed E-state index contributed by atoms with van der Waals surface area (Å²) in [6.07, 6.45) is 1.47. The first kappa shape index (κ1) is 19.3. The number of nitrogens with two attached hydrogens (primary N) is 1. The minimum atomic E-state index is -0.556. The molecule has 2 aromatic rings. The Bertz CT molecular complexity index is 826. The quantitative estimate of drug-likeness (QED) is 0.748. The van der Waals surface area contributed by atoms with Gasteiger partial charge in [-0.05, 0) is 44.3 Å². The number of nitrogens with zero attached hydrogens (tertiary/aromatic N) is 1. The van der Waals surface area contributed by atoms with Crippen molar-refractivity contribution in [1.82, 2.24) is 4.90 Å². The van der Waals surface area contributed by atoms with Gasteiger partial charge in [-0.25, -0.2) is 0 Å². The van der Waals surface area contributed by atoms with Crippen LogP contribution in [0.25, 0.3) is 0 Å². The first-order valence-corrected chi connectivity index (χ1v) is 9.87. The van der Waals surface area contributed by atoms with E-state index in [4.69, 9.17) is 5.73 Å². The van der Waals surface area contributed by atoms with E-state index in [-0.39, 0.29) is 23.7 Å². The third kappa shape index (κ3) is 4.43. The zero-order valence-corrected chi connectivity index (χ0v) is 16.0. The number of carbonyl (C=O) groups excluding carboxylic acids is 3. The maximum atomic E-state index is 12.6. The SMILES string of the molecule is CC(C(=O)Nc1sccc1C(N)=O)N1CCC(C(=O)c2ccccc2)CC1. The van der Waals surface area contributed by atoms with Crippen LogP contribution < -0.4 is 11.1 Å². The number of amides is 2. The average Bonchev–Trinajstić information content (AvgIpc) is 3.16. The molecule has 3 rings (SSSR count). The molecule has 1 aliphatic heterocycles. The van der Waals surface area contributed by atoms with Crippen LogP contribution >= 0.6 is 11.3 Å². The number of piperidine rings is 1. The second-order valence-corrected chi connectivity index (χ2v) is 7.65. The third-order valence-electron chi connectivity index (χ3n) is 5.05. The van der Waals surface area contributed by atoms with E-state index in [1.807, 2.05) is 37.3 Å². The minimum absolute atomic E-state index is 0.00216.